The first-order valence-corrected chi connectivity index (χ1v) is 9.29. The Bertz CT molecular complexity index is 745. The molecule has 3 heteroatoms. The van der Waals surface area contributed by atoms with Crippen LogP contribution in [0.2, 0.25) is 0 Å². The summed E-state index contributed by atoms with van der Waals surface area (Å²) in [5.74, 6) is -0.0408. The van der Waals surface area contributed by atoms with Crippen molar-refractivity contribution in [2.45, 2.75) is 51.4 Å². The Balaban J connectivity index is 1.87. The summed E-state index contributed by atoms with van der Waals surface area (Å²) >= 11 is 0. The largest absolute Gasteiger partial charge is 0.490 e. The van der Waals surface area contributed by atoms with Gasteiger partial charge in [-0.3, -0.25) is 0 Å². The van der Waals surface area contributed by atoms with E-state index in [4.69, 9.17) is 4.74 Å². The molecule has 0 aliphatic heterocycles. The number of hydrogen-bond donors (Lipinski definition) is 0. The second kappa shape index (κ2) is 7.99. The molecular weight excluding hydrogens is 318 g/mol. The van der Waals surface area contributed by atoms with Crippen molar-refractivity contribution in [3.05, 3.63) is 54.1 Å². The van der Waals surface area contributed by atoms with Crippen LogP contribution in [0, 0.1) is 17.6 Å². The van der Waals surface area contributed by atoms with Gasteiger partial charge >= 0.3 is 0 Å². The molecule has 0 amide bonds. The zero-order valence-electron chi connectivity index (χ0n) is 14.9. The van der Waals surface area contributed by atoms with Crippen LogP contribution in [0.15, 0.2) is 36.9 Å². The average molecular weight is 344 g/mol. The summed E-state index contributed by atoms with van der Waals surface area (Å²) in [5, 5.41) is 1.01. The molecular formula is C22H26F2O. The summed E-state index contributed by atoms with van der Waals surface area (Å²) in [6, 6.07) is 7.00. The van der Waals surface area contributed by atoms with E-state index < -0.39 is 11.6 Å². The second-order valence-corrected chi connectivity index (χ2v) is 7.08. The van der Waals surface area contributed by atoms with E-state index in [0.29, 0.717) is 17.9 Å². The highest BCUT2D eigenvalue weighted by Crippen LogP contribution is 2.40. The number of rotatable bonds is 6. The lowest BCUT2D eigenvalue weighted by Gasteiger charge is -2.29. The van der Waals surface area contributed by atoms with Crippen molar-refractivity contribution in [1.29, 1.82) is 0 Å². The number of benzene rings is 2. The van der Waals surface area contributed by atoms with Gasteiger partial charge in [-0.1, -0.05) is 38.5 Å². The third-order valence-corrected chi connectivity index (χ3v) is 5.37. The molecule has 2 aromatic rings. The van der Waals surface area contributed by atoms with Crippen molar-refractivity contribution in [1.82, 2.24) is 0 Å². The zero-order valence-corrected chi connectivity index (χ0v) is 14.9. The molecule has 3 rings (SSSR count). The lowest BCUT2D eigenvalue weighted by atomic mass is 9.77. The maximum absolute atomic E-state index is 14.7. The van der Waals surface area contributed by atoms with Gasteiger partial charge in [-0.15, -0.1) is 0 Å². The van der Waals surface area contributed by atoms with Crippen LogP contribution in [0.25, 0.3) is 10.8 Å². The summed E-state index contributed by atoms with van der Waals surface area (Å²) in [6.07, 6.45) is 8.20. The van der Waals surface area contributed by atoms with E-state index in [2.05, 4.69) is 13.5 Å². The van der Waals surface area contributed by atoms with Crippen molar-refractivity contribution in [3.8, 4) is 5.75 Å². The summed E-state index contributed by atoms with van der Waals surface area (Å²) in [7, 11) is 0. The summed E-state index contributed by atoms with van der Waals surface area (Å²) < 4.78 is 34.8. The fourth-order valence-electron chi connectivity index (χ4n) is 4.04. The van der Waals surface area contributed by atoms with Crippen molar-refractivity contribution >= 4 is 10.8 Å². The molecule has 1 aliphatic rings. The van der Waals surface area contributed by atoms with Gasteiger partial charge in [0.05, 0.1) is 0 Å². The molecule has 1 nitrogen and oxygen atoms in total. The summed E-state index contributed by atoms with van der Waals surface area (Å²) in [5.41, 5.74) is 0.541. The molecule has 0 heterocycles. The average Bonchev–Trinajstić information content (AvgIpc) is 2.64. The molecule has 0 saturated heterocycles. The molecule has 0 radical (unpaired) electrons. The molecule has 1 fully saturated rings. The minimum absolute atomic E-state index is 0.128. The van der Waals surface area contributed by atoms with Crippen molar-refractivity contribution in [2.24, 2.45) is 5.92 Å². The van der Waals surface area contributed by atoms with Gasteiger partial charge in [0, 0.05) is 5.39 Å². The molecule has 134 valence electrons. The number of hydrogen-bond acceptors (Lipinski definition) is 1. The highest BCUT2D eigenvalue weighted by molar-refractivity contribution is 5.85. The van der Waals surface area contributed by atoms with Crippen LogP contribution in [0.5, 0.6) is 5.75 Å². The molecule has 1 saturated carbocycles. The zero-order chi connectivity index (χ0) is 17.8. The van der Waals surface area contributed by atoms with Crippen molar-refractivity contribution in [2.75, 3.05) is 6.61 Å². The number of fused-ring (bicyclic) bond motifs is 1. The van der Waals surface area contributed by atoms with Crippen LogP contribution < -0.4 is 4.74 Å². The molecule has 0 bridgehead atoms. The Kier molecular flexibility index (Phi) is 5.72. The van der Waals surface area contributed by atoms with Crippen LogP contribution >= 0.6 is 0 Å². The van der Waals surface area contributed by atoms with E-state index in [1.807, 2.05) is 12.1 Å². The Morgan fingerprint density at radius 2 is 1.88 bits per heavy atom. The normalized spacial score (nSPS) is 20.6. The molecule has 0 spiro atoms. The van der Waals surface area contributed by atoms with E-state index in [0.717, 1.165) is 37.0 Å². The molecule has 0 unspecified atom stereocenters. The van der Waals surface area contributed by atoms with Gasteiger partial charge in [0.2, 0.25) is 0 Å². The van der Waals surface area contributed by atoms with Gasteiger partial charge in [-0.05, 0) is 66.7 Å². The predicted molar refractivity (Wildman–Crippen MR) is 99.2 cm³/mol. The third-order valence-electron chi connectivity index (χ3n) is 5.37. The topological polar surface area (TPSA) is 9.23 Å². The lowest BCUT2D eigenvalue weighted by Crippen LogP contribution is -2.14. The Labute approximate surface area is 148 Å². The first kappa shape index (κ1) is 17.9. The van der Waals surface area contributed by atoms with Gasteiger partial charge in [0.1, 0.15) is 12.4 Å². The van der Waals surface area contributed by atoms with E-state index >= 15 is 0 Å². The Morgan fingerprint density at radius 3 is 2.56 bits per heavy atom. The fraction of sp³-hybridized carbons (Fsp3) is 0.455. The van der Waals surface area contributed by atoms with Gasteiger partial charge in [-0.2, -0.15) is 0 Å². The SMILES string of the molecule is C=CCOc1ccc2cc(C3CCC(CCC)CC3)c(F)c(F)c2c1. The minimum Gasteiger partial charge on any atom is -0.490 e. The van der Waals surface area contributed by atoms with E-state index in [1.165, 1.54) is 12.8 Å². The standard InChI is InChI=1S/C22H26F2O/c1-3-5-15-6-8-16(9-7-15)19-13-17-10-11-18(25-12-4-2)14-20(17)22(24)21(19)23/h4,10-11,13-16H,2-3,5-9,12H2,1H3. The molecule has 0 N–H and O–H groups in total. The van der Waals surface area contributed by atoms with Gasteiger partial charge in [-0.25, -0.2) is 8.78 Å². The molecule has 0 aromatic heterocycles. The maximum atomic E-state index is 14.7. The minimum atomic E-state index is -0.757. The highest BCUT2D eigenvalue weighted by atomic mass is 19.2. The predicted octanol–water partition coefficient (Wildman–Crippen LogP) is 6.76. The summed E-state index contributed by atoms with van der Waals surface area (Å²) in [6.45, 7) is 6.14. The van der Waals surface area contributed by atoms with Crippen LogP contribution in [0.3, 0.4) is 0 Å². The monoisotopic (exact) mass is 344 g/mol. The van der Waals surface area contributed by atoms with Gasteiger partial charge in [0.15, 0.2) is 11.6 Å². The van der Waals surface area contributed by atoms with Crippen LogP contribution in [-0.2, 0) is 0 Å². The third kappa shape index (κ3) is 3.86. The van der Waals surface area contributed by atoms with Crippen molar-refractivity contribution < 1.29 is 13.5 Å². The molecule has 25 heavy (non-hydrogen) atoms. The Morgan fingerprint density at radius 1 is 1.12 bits per heavy atom. The van der Waals surface area contributed by atoms with E-state index in [9.17, 15) is 8.78 Å². The molecule has 2 aromatic carbocycles. The maximum Gasteiger partial charge on any atom is 0.167 e. The van der Waals surface area contributed by atoms with Crippen LogP contribution in [0.1, 0.15) is 56.9 Å². The van der Waals surface area contributed by atoms with Crippen LogP contribution in [0.4, 0.5) is 8.78 Å². The molecule has 1 aliphatic carbocycles. The van der Waals surface area contributed by atoms with Crippen LogP contribution in [-0.4, -0.2) is 6.61 Å². The van der Waals surface area contributed by atoms with Gasteiger partial charge < -0.3 is 4.74 Å². The Hall–Kier alpha value is -1.90. The molecule has 0 atom stereocenters. The summed E-state index contributed by atoms with van der Waals surface area (Å²) in [4.78, 5) is 0. The van der Waals surface area contributed by atoms with E-state index in [-0.39, 0.29) is 11.3 Å². The quantitative estimate of drug-likeness (QED) is 0.526. The number of halogens is 2. The second-order valence-electron chi connectivity index (χ2n) is 7.08. The van der Waals surface area contributed by atoms with Gasteiger partial charge in [0.25, 0.3) is 0 Å². The first-order valence-electron chi connectivity index (χ1n) is 9.29. The van der Waals surface area contributed by atoms with E-state index in [1.54, 1.807) is 18.2 Å². The first-order chi connectivity index (χ1) is 12.1. The smallest absolute Gasteiger partial charge is 0.167 e. The highest BCUT2D eigenvalue weighted by Gasteiger charge is 2.26. The fourth-order valence-corrected chi connectivity index (χ4v) is 4.04. The number of ether oxygens (including phenoxy) is 1. The lowest BCUT2D eigenvalue weighted by molar-refractivity contribution is 0.303. The van der Waals surface area contributed by atoms with Crippen molar-refractivity contribution in [3.63, 3.8) is 0 Å².